The minimum atomic E-state index is -0.00315. The summed E-state index contributed by atoms with van der Waals surface area (Å²) in [5.41, 5.74) is 6.85. The van der Waals surface area contributed by atoms with E-state index in [-0.39, 0.29) is 5.54 Å². The molecule has 1 aromatic rings. The second kappa shape index (κ2) is 9.86. The topological polar surface area (TPSA) is 49.0 Å². The normalized spacial score (nSPS) is 15.2. The van der Waals surface area contributed by atoms with Crippen molar-refractivity contribution >= 4 is 47.5 Å². The summed E-state index contributed by atoms with van der Waals surface area (Å²) < 4.78 is 6.38. The molecule has 2 aliphatic heterocycles. The van der Waals surface area contributed by atoms with E-state index in [0.717, 1.165) is 51.1 Å². The van der Waals surface area contributed by atoms with E-state index in [2.05, 4.69) is 63.5 Å². The van der Waals surface area contributed by atoms with Crippen molar-refractivity contribution in [3.05, 3.63) is 65.1 Å². The van der Waals surface area contributed by atoms with Crippen LogP contribution in [0.5, 0.6) is 0 Å². The maximum atomic E-state index is 8.20. The molecule has 0 bridgehead atoms. The largest absolute Gasteiger partial charge is 0.454 e. The minimum Gasteiger partial charge on any atom is -0.454 e. The van der Waals surface area contributed by atoms with Gasteiger partial charge in [0.15, 0.2) is 11.3 Å². The Balaban J connectivity index is 0.00000149. The Morgan fingerprint density at radius 1 is 1.21 bits per heavy atom. The van der Waals surface area contributed by atoms with Crippen LogP contribution in [-0.2, 0) is 6.42 Å². The molecule has 1 aromatic carbocycles. The highest BCUT2D eigenvalue weighted by atomic mass is 32.1. The Kier molecular flexibility index (Phi) is 7.55. The van der Waals surface area contributed by atoms with E-state index in [0.29, 0.717) is 21.6 Å². The van der Waals surface area contributed by atoms with Gasteiger partial charge in [-0.05, 0) is 69.9 Å². The Morgan fingerprint density at radius 3 is 2.58 bits per heavy atom. The van der Waals surface area contributed by atoms with Crippen molar-refractivity contribution in [2.24, 2.45) is 0 Å². The predicted molar refractivity (Wildman–Crippen MR) is 148 cm³/mol. The van der Waals surface area contributed by atoms with Crippen LogP contribution in [0.1, 0.15) is 59.1 Å². The quantitative estimate of drug-likeness (QED) is 0.174. The molecule has 0 saturated carbocycles. The summed E-state index contributed by atoms with van der Waals surface area (Å²) in [6, 6.07) is 5.90. The number of rotatable bonds is 3. The molecule has 1 aliphatic carbocycles. The molecule has 3 aliphatic rings. The third-order valence-corrected chi connectivity index (χ3v) is 6.72. The molecular formula is C28H34N2OS2. The molecule has 0 amide bonds. The van der Waals surface area contributed by atoms with E-state index in [1.54, 1.807) is 6.07 Å². The Hall–Kier alpha value is -2.37. The fraction of sp³-hybridized carbons (Fsp3) is 0.321. The molecule has 3 nitrogen and oxygen atoms in total. The monoisotopic (exact) mass is 478 g/mol. The van der Waals surface area contributed by atoms with E-state index < -0.39 is 0 Å². The first-order valence-electron chi connectivity index (χ1n) is 11.4. The first-order chi connectivity index (χ1) is 15.6. The molecule has 2 heterocycles. The molecule has 0 aromatic heterocycles. The van der Waals surface area contributed by atoms with Crippen LogP contribution in [0.15, 0.2) is 62.8 Å². The van der Waals surface area contributed by atoms with Crippen LogP contribution >= 0.6 is 25.3 Å². The van der Waals surface area contributed by atoms with Gasteiger partial charge in [-0.1, -0.05) is 44.2 Å². The predicted octanol–water partition coefficient (Wildman–Crippen LogP) is 8.29. The zero-order valence-electron chi connectivity index (χ0n) is 20.4. The average molecular weight is 479 g/mol. The SMILES string of the molecule is C=C(/C=C(C)\C=C/C)c1c2ccc(=N)c(S)c-2oc2c(S)c3c(cc12)CCC(C)(C)N3.CC. The number of nitrogens with one attached hydrogen (secondary N) is 2. The number of hydrogen-bond acceptors (Lipinski definition) is 5. The molecule has 2 N–H and O–H groups in total. The first kappa shape index (κ1) is 25.3. The fourth-order valence-electron chi connectivity index (χ4n) is 4.30. The van der Waals surface area contributed by atoms with Crippen molar-refractivity contribution in [2.75, 3.05) is 5.32 Å². The van der Waals surface area contributed by atoms with Gasteiger partial charge in [-0.25, -0.2) is 0 Å². The smallest absolute Gasteiger partial charge is 0.150 e. The lowest BCUT2D eigenvalue weighted by Gasteiger charge is -2.35. The molecule has 0 fully saturated rings. The van der Waals surface area contributed by atoms with Gasteiger partial charge in [0.1, 0.15) is 0 Å². The maximum absolute atomic E-state index is 8.20. The van der Waals surface area contributed by atoms with E-state index in [4.69, 9.17) is 22.5 Å². The van der Waals surface area contributed by atoms with Crippen molar-refractivity contribution < 1.29 is 4.42 Å². The standard InChI is InChI=1S/C26H28N2OS2.C2H6/c1-6-7-14(2)12-15(3)20-17-8-9-19(27)24(30)22(17)29-23-18(20)13-16-10-11-26(4,5)28-21(16)25(23)31;1-2/h6-9,12-13,27-28,30-31H,3,10-11H2,1-2,4-5H3;1-2H3/b7-6-,14-12-,27-19?;. The number of hydrogen-bond donors (Lipinski definition) is 4. The summed E-state index contributed by atoms with van der Waals surface area (Å²) in [6.45, 7) is 16.9. The molecule has 4 rings (SSSR count). The molecule has 0 unspecified atom stereocenters. The van der Waals surface area contributed by atoms with Gasteiger partial charge < -0.3 is 9.73 Å². The van der Waals surface area contributed by atoms with Crippen molar-refractivity contribution in [1.29, 1.82) is 5.41 Å². The molecule has 0 spiro atoms. The molecule has 0 atom stereocenters. The van der Waals surface area contributed by atoms with Gasteiger partial charge in [0.25, 0.3) is 0 Å². The van der Waals surface area contributed by atoms with Gasteiger partial charge in [0.2, 0.25) is 0 Å². The van der Waals surface area contributed by atoms with Crippen molar-refractivity contribution in [3.8, 4) is 11.3 Å². The average Bonchev–Trinajstić information content (AvgIpc) is 2.77. The molecule has 0 radical (unpaired) electrons. The summed E-state index contributed by atoms with van der Waals surface area (Å²) in [4.78, 5) is 1.30. The number of anilines is 1. The maximum Gasteiger partial charge on any atom is 0.150 e. The lowest BCUT2D eigenvalue weighted by Crippen LogP contribution is -2.35. The van der Waals surface area contributed by atoms with Crippen molar-refractivity contribution in [2.45, 2.75) is 69.7 Å². The first-order valence-corrected chi connectivity index (χ1v) is 12.3. The van der Waals surface area contributed by atoms with Crippen LogP contribution < -0.4 is 10.7 Å². The van der Waals surface area contributed by atoms with Crippen molar-refractivity contribution in [3.63, 3.8) is 0 Å². The highest BCUT2D eigenvalue weighted by molar-refractivity contribution is 7.80. The lowest BCUT2D eigenvalue weighted by molar-refractivity contribution is 0.499. The Labute approximate surface area is 208 Å². The third kappa shape index (κ3) is 4.80. The molecular weight excluding hydrogens is 444 g/mol. The Morgan fingerprint density at radius 2 is 1.91 bits per heavy atom. The molecule has 0 saturated heterocycles. The van der Waals surface area contributed by atoms with Gasteiger partial charge in [0, 0.05) is 22.1 Å². The third-order valence-electron chi connectivity index (χ3n) is 5.85. The van der Waals surface area contributed by atoms with Crippen LogP contribution in [-0.4, -0.2) is 5.54 Å². The number of thiol groups is 2. The number of benzene rings is 2. The van der Waals surface area contributed by atoms with Gasteiger partial charge in [-0.15, -0.1) is 25.3 Å². The minimum absolute atomic E-state index is 0.00315. The molecule has 5 heteroatoms. The number of aryl methyl sites for hydroxylation is 1. The van der Waals surface area contributed by atoms with Crippen LogP contribution in [0, 0.1) is 5.41 Å². The van der Waals surface area contributed by atoms with Gasteiger partial charge in [-0.2, -0.15) is 0 Å². The van der Waals surface area contributed by atoms with Crippen LogP contribution in [0.2, 0.25) is 0 Å². The van der Waals surface area contributed by atoms with Crippen LogP contribution in [0.4, 0.5) is 5.69 Å². The van der Waals surface area contributed by atoms with Crippen LogP contribution in [0.25, 0.3) is 27.9 Å². The lowest BCUT2D eigenvalue weighted by atomic mass is 9.86. The zero-order chi connectivity index (χ0) is 24.5. The second-order valence-corrected chi connectivity index (χ2v) is 9.77. The van der Waals surface area contributed by atoms with Gasteiger partial charge >= 0.3 is 0 Å². The summed E-state index contributed by atoms with van der Waals surface area (Å²) >= 11 is 9.49. The number of allylic oxidation sites excluding steroid dienone is 5. The molecule has 174 valence electrons. The van der Waals surface area contributed by atoms with E-state index in [1.165, 1.54) is 5.56 Å². The summed E-state index contributed by atoms with van der Waals surface area (Å²) in [7, 11) is 0. The van der Waals surface area contributed by atoms with Crippen LogP contribution in [0.3, 0.4) is 0 Å². The summed E-state index contributed by atoms with van der Waals surface area (Å²) in [5.74, 6) is 0.585. The van der Waals surface area contributed by atoms with E-state index >= 15 is 0 Å². The highest BCUT2D eigenvalue weighted by Gasteiger charge is 2.29. The fourth-order valence-corrected chi connectivity index (χ4v) is 4.91. The summed E-state index contributed by atoms with van der Waals surface area (Å²) in [5, 5.41) is 13.1. The van der Waals surface area contributed by atoms with Crippen molar-refractivity contribution in [1.82, 2.24) is 0 Å². The summed E-state index contributed by atoms with van der Waals surface area (Å²) in [6.07, 6.45) is 8.18. The Bertz CT molecular complexity index is 1310. The van der Waals surface area contributed by atoms with Gasteiger partial charge in [-0.3, -0.25) is 5.41 Å². The number of fused-ring (bicyclic) bond motifs is 3. The highest BCUT2D eigenvalue weighted by Crippen LogP contribution is 2.46. The molecule has 33 heavy (non-hydrogen) atoms. The zero-order valence-corrected chi connectivity index (χ0v) is 22.2. The van der Waals surface area contributed by atoms with E-state index in [1.807, 2.05) is 32.9 Å². The van der Waals surface area contributed by atoms with Gasteiger partial charge in [0.05, 0.1) is 20.8 Å². The second-order valence-electron chi connectivity index (χ2n) is 8.87. The van der Waals surface area contributed by atoms with E-state index in [9.17, 15) is 0 Å².